The Hall–Kier alpha value is -3.38. The third-order valence-electron chi connectivity index (χ3n) is 7.51. The number of hydrogen-bond donors (Lipinski definition) is 2. The van der Waals surface area contributed by atoms with E-state index in [4.69, 9.17) is 27.4 Å². The van der Waals surface area contributed by atoms with E-state index in [-0.39, 0.29) is 40.9 Å². The molecule has 2 amide bonds. The van der Waals surface area contributed by atoms with E-state index in [1.54, 1.807) is 15.5 Å². The lowest BCUT2D eigenvalue weighted by Gasteiger charge is -2.35. The van der Waals surface area contributed by atoms with Gasteiger partial charge in [0.15, 0.2) is 5.65 Å². The molecule has 3 atom stereocenters. The van der Waals surface area contributed by atoms with Crippen LogP contribution in [-0.2, 0) is 14.8 Å². The maximum absolute atomic E-state index is 13.8. The molecule has 3 N–H and O–H groups in total. The highest BCUT2D eigenvalue weighted by Gasteiger charge is 2.35. The van der Waals surface area contributed by atoms with Crippen molar-refractivity contribution < 1.29 is 18.0 Å². The molecular weight excluding hydrogens is 542 g/mol. The zero-order valence-corrected chi connectivity index (χ0v) is 23.7. The number of benzene rings is 1. The molecule has 4 heterocycles. The topological polar surface area (TPSA) is 143 Å². The van der Waals surface area contributed by atoms with Crippen LogP contribution < -0.4 is 15.4 Å². The number of sulfonamides is 1. The van der Waals surface area contributed by atoms with E-state index >= 15 is 0 Å². The minimum atomic E-state index is -3.60. The second kappa shape index (κ2) is 10.3. The predicted octanol–water partition coefficient (Wildman–Crippen LogP) is 2.99. The number of aromatic nitrogens is 3. The lowest BCUT2D eigenvalue weighted by molar-refractivity contribution is -0.122. The Kier molecular flexibility index (Phi) is 7.19. The molecule has 0 aliphatic carbocycles. The van der Waals surface area contributed by atoms with Crippen LogP contribution >= 0.6 is 11.6 Å². The number of primary amides is 1. The summed E-state index contributed by atoms with van der Waals surface area (Å²) >= 11 is 6.20. The number of hydrogen-bond acceptors (Lipinski definition) is 7. The van der Waals surface area contributed by atoms with Crippen molar-refractivity contribution in [2.75, 3.05) is 35.5 Å². The second-order valence-electron chi connectivity index (χ2n) is 10.6. The van der Waals surface area contributed by atoms with E-state index in [9.17, 15) is 18.0 Å². The first-order valence-corrected chi connectivity index (χ1v) is 15.2. The summed E-state index contributed by atoms with van der Waals surface area (Å²) in [6, 6.07) is 6.10. The van der Waals surface area contributed by atoms with Gasteiger partial charge in [-0.15, -0.1) is 0 Å². The Morgan fingerprint density at radius 1 is 1.18 bits per heavy atom. The van der Waals surface area contributed by atoms with Crippen molar-refractivity contribution >= 4 is 50.6 Å². The van der Waals surface area contributed by atoms with E-state index < -0.39 is 10.0 Å². The second-order valence-corrected chi connectivity index (χ2v) is 12.8. The van der Waals surface area contributed by atoms with Gasteiger partial charge in [0.25, 0.3) is 5.91 Å². The smallest absolute Gasteiger partial charge is 0.256 e. The van der Waals surface area contributed by atoms with Crippen molar-refractivity contribution in [1.82, 2.24) is 19.5 Å². The molecule has 3 aromatic rings. The van der Waals surface area contributed by atoms with Crippen LogP contribution in [0, 0.1) is 18.8 Å². The lowest BCUT2D eigenvalue weighted by Crippen LogP contribution is -2.39. The molecule has 0 saturated carbocycles. The quantitative estimate of drug-likeness (QED) is 0.461. The number of aryl methyl sites for hydroxylation is 1. The standard InChI is InChI=1S/C26H32ClN7O4S/c1-15-12-32(14-19(15)24(28)35)25-16(2)13-34-23(29-25)11-21(30-34)22-6-4-5-9-33(22)26(36)18-10-17(27)7-8-20(18)31-39(3,37)38/h7-8,10-11,13,15,19,22,31H,4-6,9,12,14H2,1-3H3,(H2,28,35)/t15-,19?,22+/m1/s1. The Bertz CT molecular complexity index is 1560. The van der Waals surface area contributed by atoms with Crippen molar-refractivity contribution in [3.05, 3.63) is 52.3 Å². The summed E-state index contributed by atoms with van der Waals surface area (Å²) in [5.41, 5.74) is 8.23. The van der Waals surface area contributed by atoms with Gasteiger partial charge in [0.2, 0.25) is 15.9 Å². The van der Waals surface area contributed by atoms with Crippen LogP contribution in [0.2, 0.25) is 5.02 Å². The van der Waals surface area contributed by atoms with Crippen LogP contribution in [0.4, 0.5) is 11.5 Å². The molecule has 2 aliphatic heterocycles. The highest BCUT2D eigenvalue weighted by molar-refractivity contribution is 7.92. The minimum absolute atomic E-state index is 0.135. The van der Waals surface area contributed by atoms with Crippen LogP contribution in [0.15, 0.2) is 30.5 Å². The zero-order chi connectivity index (χ0) is 28.1. The van der Waals surface area contributed by atoms with E-state index in [1.807, 2.05) is 26.1 Å². The van der Waals surface area contributed by atoms with E-state index in [1.165, 1.54) is 12.1 Å². The Morgan fingerprint density at radius 2 is 1.95 bits per heavy atom. The number of piperidine rings is 1. The molecule has 2 fully saturated rings. The molecule has 39 heavy (non-hydrogen) atoms. The fraction of sp³-hybridized carbons (Fsp3) is 0.462. The normalized spacial score (nSPS) is 21.9. The molecule has 13 heteroatoms. The first-order chi connectivity index (χ1) is 18.4. The van der Waals surface area contributed by atoms with Gasteiger partial charge in [-0.2, -0.15) is 5.10 Å². The van der Waals surface area contributed by atoms with Crippen LogP contribution in [-0.4, -0.2) is 65.6 Å². The summed E-state index contributed by atoms with van der Waals surface area (Å²) in [6.45, 7) is 5.69. The minimum Gasteiger partial charge on any atom is -0.369 e. The maximum Gasteiger partial charge on any atom is 0.256 e. The summed E-state index contributed by atoms with van der Waals surface area (Å²) in [6.07, 6.45) is 5.39. The number of nitrogens with one attached hydrogen (secondary N) is 1. The molecule has 208 valence electrons. The van der Waals surface area contributed by atoms with Gasteiger partial charge in [0.05, 0.1) is 35.2 Å². The number of rotatable bonds is 6. The fourth-order valence-electron chi connectivity index (χ4n) is 5.63. The van der Waals surface area contributed by atoms with Gasteiger partial charge in [-0.25, -0.2) is 17.9 Å². The van der Waals surface area contributed by atoms with Crippen molar-refractivity contribution in [1.29, 1.82) is 0 Å². The van der Waals surface area contributed by atoms with Crippen molar-refractivity contribution in [2.24, 2.45) is 17.6 Å². The molecule has 1 unspecified atom stereocenters. The number of fused-ring (bicyclic) bond motifs is 1. The van der Waals surface area contributed by atoms with E-state index in [0.29, 0.717) is 42.4 Å². The molecular formula is C26H32ClN7O4S. The molecule has 0 spiro atoms. The average molecular weight is 574 g/mol. The number of amides is 2. The van der Waals surface area contributed by atoms with E-state index in [2.05, 4.69) is 9.62 Å². The van der Waals surface area contributed by atoms with Gasteiger partial charge in [-0.05, 0) is 50.3 Å². The molecule has 0 radical (unpaired) electrons. The highest BCUT2D eigenvalue weighted by atomic mass is 35.5. The molecule has 0 bridgehead atoms. The summed E-state index contributed by atoms with van der Waals surface area (Å²) < 4.78 is 28.0. The molecule has 1 aromatic carbocycles. The number of carbonyl (C=O) groups is 2. The molecule has 2 aliphatic rings. The average Bonchev–Trinajstić information content (AvgIpc) is 3.46. The van der Waals surface area contributed by atoms with Crippen LogP contribution in [0.5, 0.6) is 0 Å². The van der Waals surface area contributed by atoms with Crippen LogP contribution in [0.25, 0.3) is 5.65 Å². The first-order valence-electron chi connectivity index (χ1n) is 12.9. The van der Waals surface area contributed by atoms with Crippen molar-refractivity contribution in [3.8, 4) is 0 Å². The Morgan fingerprint density at radius 3 is 2.64 bits per heavy atom. The first kappa shape index (κ1) is 27.2. The molecule has 5 rings (SSSR count). The third kappa shape index (κ3) is 5.53. The number of nitrogens with zero attached hydrogens (tertiary/aromatic N) is 5. The summed E-state index contributed by atoms with van der Waals surface area (Å²) in [5.74, 6) is 0.0800. The van der Waals surface area contributed by atoms with Gasteiger partial charge in [-0.3, -0.25) is 14.3 Å². The molecule has 2 saturated heterocycles. The SMILES string of the molecule is Cc1cn2nc([C@@H]3CCCCN3C(=O)c3cc(Cl)ccc3NS(C)(=O)=O)cc2nc1N1CC(C(N)=O)[C@H](C)C1. The third-order valence-corrected chi connectivity index (χ3v) is 8.34. The zero-order valence-electron chi connectivity index (χ0n) is 22.1. The molecule has 2 aromatic heterocycles. The van der Waals surface area contributed by atoms with Gasteiger partial charge >= 0.3 is 0 Å². The van der Waals surface area contributed by atoms with Crippen LogP contribution in [0.3, 0.4) is 0 Å². The largest absolute Gasteiger partial charge is 0.369 e. The summed E-state index contributed by atoms with van der Waals surface area (Å²) in [7, 11) is -3.60. The fourth-order valence-corrected chi connectivity index (χ4v) is 6.38. The van der Waals surface area contributed by atoms with Crippen molar-refractivity contribution in [3.63, 3.8) is 0 Å². The number of halogens is 1. The van der Waals surface area contributed by atoms with Crippen LogP contribution in [0.1, 0.15) is 53.8 Å². The summed E-state index contributed by atoms with van der Waals surface area (Å²) in [5, 5.41) is 5.11. The van der Waals surface area contributed by atoms with Gasteiger partial charge < -0.3 is 15.5 Å². The lowest BCUT2D eigenvalue weighted by atomic mass is 9.98. The predicted molar refractivity (Wildman–Crippen MR) is 149 cm³/mol. The monoisotopic (exact) mass is 573 g/mol. The Balaban J connectivity index is 1.47. The number of likely N-dealkylation sites (tertiary alicyclic amines) is 1. The van der Waals surface area contributed by atoms with E-state index in [0.717, 1.165) is 30.5 Å². The summed E-state index contributed by atoms with van der Waals surface area (Å²) in [4.78, 5) is 34.3. The highest BCUT2D eigenvalue weighted by Crippen LogP contribution is 2.35. The number of anilines is 2. The number of nitrogens with two attached hydrogens (primary N) is 1. The van der Waals surface area contributed by atoms with Crippen molar-refractivity contribution in [2.45, 2.75) is 39.2 Å². The van der Waals surface area contributed by atoms with Gasteiger partial charge in [0, 0.05) is 42.5 Å². The number of carbonyl (C=O) groups excluding carboxylic acids is 2. The Labute approximate surface area is 232 Å². The van der Waals surface area contributed by atoms with Gasteiger partial charge in [0.1, 0.15) is 5.82 Å². The molecule has 11 nitrogen and oxygen atoms in total. The van der Waals surface area contributed by atoms with Gasteiger partial charge in [-0.1, -0.05) is 18.5 Å². The maximum atomic E-state index is 13.8.